The average molecular weight is 264 g/mol. The molecule has 2 rings (SSSR count). The molecule has 0 aliphatic heterocycles. The number of hydrogen-bond donors (Lipinski definition) is 3. The lowest BCUT2D eigenvalue weighted by molar-refractivity contribution is -0.120. The van der Waals surface area contributed by atoms with E-state index in [1.807, 2.05) is 13.1 Å². The third-order valence-electron chi connectivity index (χ3n) is 2.94. The second-order valence-corrected chi connectivity index (χ2v) is 4.57. The summed E-state index contributed by atoms with van der Waals surface area (Å²) in [5.41, 5.74) is 1.05. The van der Waals surface area contributed by atoms with Gasteiger partial charge in [0, 0.05) is 26.3 Å². The van der Waals surface area contributed by atoms with Crippen LogP contribution in [0.3, 0.4) is 0 Å². The number of nitrogens with zero attached hydrogens (tertiary/aromatic N) is 3. The standard InChI is InChI=1S/C12H20N6O/c1-13-12(14-7-10-5-6-16-18(10)2)15-8-11(19)17-9-3-4-9/h5-6,9H,3-4,7-8H2,1-2H3,(H,17,19)(H2,13,14,15). The number of hydrogen-bond acceptors (Lipinski definition) is 3. The maximum Gasteiger partial charge on any atom is 0.239 e. The molecule has 7 nitrogen and oxygen atoms in total. The minimum atomic E-state index is 0.00554. The first-order chi connectivity index (χ1) is 9.19. The first kappa shape index (κ1) is 13.4. The van der Waals surface area contributed by atoms with Gasteiger partial charge in [-0.3, -0.25) is 14.5 Å². The van der Waals surface area contributed by atoms with Crippen LogP contribution in [0, 0.1) is 0 Å². The van der Waals surface area contributed by atoms with E-state index in [1.165, 1.54) is 0 Å². The quantitative estimate of drug-likeness (QED) is 0.488. The van der Waals surface area contributed by atoms with Gasteiger partial charge in [0.15, 0.2) is 5.96 Å². The molecule has 1 fully saturated rings. The summed E-state index contributed by atoms with van der Waals surface area (Å²) < 4.78 is 1.79. The number of carbonyl (C=O) groups excluding carboxylic acids is 1. The Hall–Kier alpha value is -2.05. The van der Waals surface area contributed by atoms with Crippen LogP contribution in [0.1, 0.15) is 18.5 Å². The van der Waals surface area contributed by atoms with Crippen molar-refractivity contribution in [2.75, 3.05) is 13.6 Å². The Kier molecular flexibility index (Phi) is 4.38. The summed E-state index contributed by atoms with van der Waals surface area (Å²) >= 11 is 0. The summed E-state index contributed by atoms with van der Waals surface area (Å²) in [6.45, 7) is 0.849. The van der Waals surface area contributed by atoms with Crippen molar-refractivity contribution in [3.8, 4) is 0 Å². The van der Waals surface area contributed by atoms with Crippen LogP contribution in [-0.2, 0) is 18.4 Å². The SMILES string of the molecule is CN=C(NCC(=O)NC1CC1)NCc1ccnn1C. The van der Waals surface area contributed by atoms with Crippen molar-refractivity contribution in [2.45, 2.75) is 25.4 Å². The van der Waals surface area contributed by atoms with Crippen LogP contribution in [0.15, 0.2) is 17.3 Å². The Morgan fingerprint density at radius 1 is 1.53 bits per heavy atom. The Balaban J connectivity index is 1.71. The molecule has 1 aliphatic carbocycles. The summed E-state index contributed by atoms with van der Waals surface area (Å²) in [6, 6.07) is 2.32. The number of nitrogens with one attached hydrogen (secondary N) is 3. The number of aliphatic imine (C=N–C) groups is 1. The first-order valence-corrected chi connectivity index (χ1v) is 6.40. The topological polar surface area (TPSA) is 83.3 Å². The van der Waals surface area contributed by atoms with Crippen molar-refractivity contribution in [1.29, 1.82) is 0 Å². The summed E-state index contributed by atoms with van der Waals surface area (Å²) in [5.74, 6) is 0.609. The lowest BCUT2D eigenvalue weighted by atomic mass is 10.4. The predicted octanol–water partition coefficient (Wildman–Crippen LogP) is -0.636. The molecule has 0 radical (unpaired) electrons. The van der Waals surface area contributed by atoms with Crippen LogP contribution in [0.25, 0.3) is 0 Å². The van der Waals surface area contributed by atoms with E-state index in [1.54, 1.807) is 17.9 Å². The Morgan fingerprint density at radius 3 is 2.89 bits per heavy atom. The molecule has 0 unspecified atom stereocenters. The van der Waals surface area contributed by atoms with E-state index in [2.05, 4.69) is 26.0 Å². The van der Waals surface area contributed by atoms with Crippen LogP contribution in [0.4, 0.5) is 0 Å². The van der Waals surface area contributed by atoms with Gasteiger partial charge in [-0.25, -0.2) is 0 Å². The molecule has 0 aromatic carbocycles. The molecule has 104 valence electrons. The number of rotatable bonds is 5. The highest BCUT2D eigenvalue weighted by Gasteiger charge is 2.22. The van der Waals surface area contributed by atoms with Gasteiger partial charge in [-0.15, -0.1) is 0 Å². The maximum absolute atomic E-state index is 11.5. The van der Waals surface area contributed by atoms with Crippen molar-refractivity contribution in [1.82, 2.24) is 25.7 Å². The molecule has 1 aliphatic rings. The summed E-state index contributed by atoms with van der Waals surface area (Å²) in [5, 5.41) is 13.1. The van der Waals surface area contributed by atoms with E-state index >= 15 is 0 Å². The van der Waals surface area contributed by atoms with Gasteiger partial charge < -0.3 is 16.0 Å². The number of aryl methyl sites for hydroxylation is 1. The highest BCUT2D eigenvalue weighted by Crippen LogP contribution is 2.18. The molecule has 1 heterocycles. The van der Waals surface area contributed by atoms with Crippen molar-refractivity contribution in [3.63, 3.8) is 0 Å². The van der Waals surface area contributed by atoms with Gasteiger partial charge in [0.1, 0.15) is 0 Å². The zero-order valence-corrected chi connectivity index (χ0v) is 11.3. The smallest absolute Gasteiger partial charge is 0.239 e. The van der Waals surface area contributed by atoms with E-state index in [0.717, 1.165) is 18.5 Å². The van der Waals surface area contributed by atoms with Gasteiger partial charge in [0.05, 0.1) is 18.8 Å². The predicted molar refractivity (Wildman–Crippen MR) is 72.6 cm³/mol. The lowest BCUT2D eigenvalue weighted by Gasteiger charge is -2.11. The van der Waals surface area contributed by atoms with Gasteiger partial charge in [0.2, 0.25) is 5.91 Å². The van der Waals surface area contributed by atoms with Crippen molar-refractivity contribution in [3.05, 3.63) is 18.0 Å². The highest BCUT2D eigenvalue weighted by molar-refractivity contribution is 5.86. The van der Waals surface area contributed by atoms with E-state index < -0.39 is 0 Å². The molecular weight excluding hydrogens is 244 g/mol. The molecule has 7 heteroatoms. The second kappa shape index (κ2) is 6.21. The summed E-state index contributed by atoms with van der Waals surface area (Å²) in [7, 11) is 3.56. The van der Waals surface area contributed by atoms with E-state index in [4.69, 9.17) is 0 Å². The number of carbonyl (C=O) groups is 1. The first-order valence-electron chi connectivity index (χ1n) is 6.40. The van der Waals surface area contributed by atoms with Crippen molar-refractivity contribution < 1.29 is 4.79 Å². The van der Waals surface area contributed by atoms with Gasteiger partial charge in [0.25, 0.3) is 0 Å². The van der Waals surface area contributed by atoms with Crippen molar-refractivity contribution >= 4 is 11.9 Å². The Morgan fingerprint density at radius 2 is 2.32 bits per heavy atom. The van der Waals surface area contributed by atoms with Gasteiger partial charge in [-0.05, 0) is 18.9 Å². The summed E-state index contributed by atoms with van der Waals surface area (Å²) in [4.78, 5) is 15.6. The van der Waals surface area contributed by atoms with Crippen LogP contribution in [0.5, 0.6) is 0 Å². The fourth-order valence-electron chi connectivity index (χ4n) is 1.64. The molecule has 19 heavy (non-hydrogen) atoms. The van der Waals surface area contributed by atoms with Crippen LogP contribution in [-0.4, -0.2) is 41.3 Å². The molecule has 0 saturated heterocycles. The van der Waals surface area contributed by atoms with Gasteiger partial charge in [-0.2, -0.15) is 5.10 Å². The molecule has 0 bridgehead atoms. The monoisotopic (exact) mass is 264 g/mol. The second-order valence-electron chi connectivity index (χ2n) is 4.57. The molecule has 1 aromatic rings. The zero-order valence-electron chi connectivity index (χ0n) is 11.3. The lowest BCUT2D eigenvalue weighted by Crippen LogP contribution is -2.43. The molecule has 0 spiro atoms. The Labute approximate surface area is 112 Å². The average Bonchev–Trinajstić information content (AvgIpc) is 3.11. The summed E-state index contributed by atoms with van der Waals surface area (Å²) in [6.07, 6.45) is 3.94. The molecule has 3 N–H and O–H groups in total. The van der Waals surface area contributed by atoms with Crippen LogP contribution >= 0.6 is 0 Å². The number of guanidine groups is 1. The van der Waals surface area contributed by atoms with Gasteiger partial charge >= 0.3 is 0 Å². The van der Waals surface area contributed by atoms with Gasteiger partial charge in [-0.1, -0.05) is 0 Å². The fraction of sp³-hybridized carbons (Fsp3) is 0.583. The molecular formula is C12H20N6O. The largest absolute Gasteiger partial charge is 0.352 e. The third kappa shape index (κ3) is 4.27. The zero-order chi connectivity index (χ0) is 13.7. The Bertz CT molecular complexity index is 463. The van der Waals surface area contributed by atoms with Crippen molar-refractivity contribution in [2.24, 2.45) is 12.0 Å². The minimum absolute atomic E-state index is 0.00554. The normalized spacial score (nSPS) is 15.2. The molecule has 0 atom stereocenters. The number of aromatic nitrogens is 2. The van der Waals surface area contributed by atoms with E-state index in [0.29, 0.717) is 18.5 Å². The highest BCUT2D eigenvalue weighted by atomic mass is 16.2. The number of amides is 1. The fourth-order valence-corrected chi connectivity index (χ4v) is 1.64. The molecule has 1 saturated carbocycles. The van der Waals surface area contributed by atoms with Crippen LogP contribution in [0.2, 0.25) is 0 Å². The molecule has 1 aromatic heterocycles. The van der Waals surface area contributed by atoms with E-state index in [9.17, 15) is 4.79 Å². The van der Waals surface area contributed by atoms with E-state index in [-0.39, 0.29) is 12.5 Å². The minimum Gasteiger partial charge on any atom is -0.352 e. The third-order valence-corrected chi connectivity index (χ3v) is 2.94. The maximum atomic E-state index is 11.5. The molecule has 1 amide bonds. The van der Waals surface area contributed by atoms with Crippen LogP contribution < -0.4 is 16.0 Å².